The van der Waals surface area contributed by atoms with Gasteiger partial charge in [0, 0.05) is 12.8 Å². The quantitative estimate of drug-likeness (QED) is 0.787. The molecule has 21 heavy (non-hydrogen) atoms. The Hall–Kier alpha value is -1.57. The van der Waals surface area contributed by atoms with Gasteiger partial charge in [-0.3, -0.25) is 4.79 Å². The number of anilines is 3. The number of hydrogen-bond acceptors (Lipinski definition) is 5. The fourth-order valence-electron chi connectivity index (χ4n) is 1.67. The fraction of sp³-hybridized carbons (Fsp3) is 0.231. The van der Waals surface area contributed by atoms with Crippen molar-refractivity contribution in [3.63, 3.8) is 0 Å². The van der Waals surface area contributed by atoms with Crippen molar-refractivity contribution >= 4 is 44.6 Å². The molecule has 2 aromatic rings. The van der Waals surface area contributed by atoms with Gasteiger partial charge in [-0.1, -0.05) is 11.6 Å². The molecular formula is C13H14BrClN4O2. The standard InChI is InChI=1S/C13H14BrClN4O2/c1-21-5-4-19-13(20)12(14)11(7-17-19)18-10-6-8(16)2-3-9(10)15/h2-3,6-7,18H,4-5,16H2,1H3. The van der Waals surface area contributed by atoms with Crippen LogP contribution in [-0.4, -0.2) is 23.5 Å². The second-order valence-corrected chi connectivity index (χ2v) is 5.46. The molecule has 1 aromatic heterocycles. The highest BCUT2D eigenvalue weighted by molar-refractivity contribution is 9.10. The molecule has 0 unspecified atom stereocenters. The first-order valence-electron chi connectivity index (χ1n) is 6.09. The van der Waals surface area contributed by atoms with Gasteiger partial charge < -0.3 is 15.8 Å². The normalized spacial score (nSPS) is 10.6. The van der Waals surface area contributed by atoms with Crippen LogP contribution in [0.3, 0.4) is 0 Å². The fourth-order valence-corrected chi connectivity index (χ4v) is 2.24. The van der Waals surface area contributed by atoms with Gasteiger partial charge in [-0.25, -0.2) is 4.68 Å². The molecule has 0 saturated carbocycles. The van der Waals surface area contributed by atoms with E-state index in [1.165, 1.54) is 4.68 Å². The summed E-state index contributed by atoms with van der Waals surface area (Å²) in [6.45, 7) is 0.792. The second kappa shape index (κ2) is 6.93. The average Bonchev–Trinajstić information content (AvgIpc) is 2.47. The Morgan fingerprint density at radius 3 is 2.95 bits per heavy atom. The predicted octanol–water partition coefficient (Wildman–Crippen LogP) is 2.63. The van der Waals surface area contributed by atoms with Crippen LogP contribution in [0.25, 0.3) is 0 Å². The zero-order chi connectivity index (χ0) is 15.4. The lowest BCUT2D eigenvalue weighted by atomic mass is 10.2. The maximum absolute atomic E-state index is 12.1. The monoisotopic (exact) mass is 372 g/mol. The van der Waals surface area contributed by atoms with Gasteiger partial charge in [0.05, 0.1) is 35.7 Å². The maximum atomic E-state index is 12.1. The summed E-state index contributed by atoms with van der Waals surface area (Å²) >= 11 is 9.36. The predicted molar refractivity (Wildman–Crippen MR) is 87.2 cm³/mol. The molecule has 0 aliphatic rings. The molecule has 1 aromatic carbocycles. The number of benzene rings is 1. The van der Waals surface area contributed by atoms with Crippen molar-refractivity contribution in [2.75, 3.05) is 24.8 Å². The van der Waals surface area contributed by atoms with E-state index >= 15 is 0 Å². The van der Waals surface area contributed by atoms with Crippen LogP contribution in [0, 0.1) is 0 Å². The van der Waals surface area contributed by atoms with E-state index in [1.807, 2.05) is 0 Å². The van der Waals surface area contributed by atoms with Gasteiger partial charge in [-0.15, -0.1) is 0 Å². The van der Waals surface area contributed by atoms with Crippen LogP contribution in [0.5, 0.6) is 0 Å². The van der Waals surface area contributed by atoms with Gasteiger partial charge in [-0.2, -0.15) is 5.10 Å². The molecule has 0 fully saturated rings. The topological polar surface area (TPSA) is 82.2 Å². The first kappa shape index (κ1) is 15.8. The maximum Gasteiger partial charge on any atom is 0.283 e. The second-order valence-electron chi connectivity index (χ2n) is 4.26. The van der Waals surface area contributed by atoms with Crippen molar-refractivity contribution in [3.05, 3.63) is 44.2 Å². The van der Waals surface area contributed by atoms with Crippen LogP contribution in [0.2, 0.25) is 5.02 Å². The van der Waals surface area contributed by atoms with E-state index in [2.05, 4.69) is 26.3 Å². The van der Waals surface area contributed by atoms with Gasteiger partial charge >= 0.3 is 0 Å². The first-order chi connectivity index (χ1) is 10.0. The zero-order valence-electron chi connectivity index (χ0n) is 11.3. The third-order valence-electron chi connectivity index (χ3n) is 2.75. The molecule has 0 aliphatic carbocycles. The smallest absolute Gasteiger partial charge is 0.283 e. The molecule has 6 nitrogen and oxygen atoms in total. The molecule has 0 spiro atoms. The largest absolute Gasteiger partial charge is 0.399 e. The van der Waals surface area contributed by atoms with Gasteiger partial charge in [0.15, 0.2) is 0 Å². The number of halogens is 2. The van der Waals surface area contributed by atoms with Crippen molar-refractivity contribution in [1.82, 2.24) is 9.78 Å². The van der Waals surface area contributed by atoms with Crippen molar-refractivity contribution in [3.8, 4) is 0 Å². The minimum Gasteiger partial charge on any atom is -0.399 e. The van der Waals surface area contributed by atoms with Crippen molar-refractivity contribution in [2.45, 2.75) is 6.54 Å². The molecule has 2 rings (SSSR count). The minimum atomic E-state index is -0.253. The van der Waals surface area contributed by atoms with Gasteiger partial charge in [-0.05, 0) is 34.1 Å². The Kier molecular flexibility index (Phi) is 5.22. The highest BCUT2D eigenvalue weighted by atomic mass is 79.9. The highest BCUT2D eigenvalue weighted by Gasteiger charge is 2.10. The summed E-state index contributed by atoms with van der Waals surface area (Å²) in [6, 6.07) is 5.06. The number of nitrogens with two attached hydrogens (primary N) is 1. The molecule has 8 heteroatoms. The average molecular weight is 374 g/mol. The summed E-state index contributed by atoms with van der Waals surface area (Å²) in [5, 5.41) is 7.62. The summed E-state index contributed by atoms with van der Waals surface area (Å²) in [7, 11) is 1.57. The van der Waals surface area contributed by atoms with Crippen LogP contribution in [-0.2, 0) is 11.3 Å². The molecule has 3 N–H and O–H groups in total. The lowest BCUT2D eigenvalue weighted by molar-refractivity contribution is 0.181. The molecule has 112 valence electrons. The Morgan fingerprint density at radius 1 is 1.48 bits per heavy atom. The Balaban J connectivity index is 2.31. The van der Waals surface area contributed by atoms with E-state index in [1.54, 1.807) is 31.5 Å². The third-order valence-corrected chi connectivity index (χ3v) is 3.85. The molecule has 0 bridgehead atoms. The number of hydrogen-bond donors (Lipinski definition) is 2. The molecule has 0 atom stereocenters. The number of nitrogens with one attached hydrogen (secondary N) is 1. The van der Waals surface area contributed by atoms with E-state index in [0.29, 0.717) is 39.7 Å². The van der Waals surface area contributed by atoms with Crippen molar-refractivity contribution in [2.24, 2.45) is 0 Å². The minimum absolute atomic E-state index is 0.253. The van der Waals surface area contributed by atoms with E-state index in [-0.39, 0.29) is 5.56 Å². The van der Waals surface area contributed by atoms with E-state index in [4.69, 9.17) is 22.1 Å². The van der Waals surface area contributed by atoms with E-state index < -0.39 is 0 Å². The first-order valence-corrected chi connectivity index (χ1v) is 7.26. The van der Waals surface area contributed by atoms with Crippen LogP contribution in [0.1, 0.15) is 0 Å². The Morgan fingerprint density at radius 2 is 2.24 bits per heavy atom. The number of rotatable bonds is 5. The lowest BCUT2D eigenvalue weighted by Crippen LogP contribution is -2.25. The molecule has 0 aliphatic heterocycles. The van der Waals surface area contributed by atoms with Gasteiger partial charge in [0.2, 0.25) is 0 Å². The third kappa shape index (κ3) is 3.75. The van der Waals surface area contributed by atoms with Crippen LogP contribution in [0.4, 0.5) is 17.1 Å². The van der Waals surface area contributed by atoms with E-state index in [9.17, 15) is 4.79 Å². The van der Waals surface area contributed by atoms with Gasteiger partial charge in [0.1, 0.15) is 4.47 Å². The molecule has 0 amide bonds. The van der Waals surface area contributed by atoms with Crippen LogP contribution >= 0.6 is 27.5 Å². The number of ether oxygens (including phenoxy) is 1. The number of nitrogen functional groups attached to an aromatic ring is 1. The summed E-state index contributed by atoms with van der Waals surface area (Å²) < 4.78 is 6.62. The SMILES string of the molecule is COCCn1ncc(Nc2cc(N)ccc2Cl)c(Br)c1=O. The Bertz CT molecular complexity index is 705. The molecule has 0 radical (unpaired) electrons. The summed E-state index contributed by atoms with van der Waals surface area (Å²) in [4.78, 5) is 12.1. The van der Waals surface area contributed by atoms with Crippen molar-refractivity contribution < 1.29 is 4.74 Å². The van der Waals surface area contributed by atoms with Gasteiger partial charge in [0.25, 0.3) is 5.56 Å². The number of aromatic nitrogens is 2. The van der Waals surface area contributed by atoms with Crippen molar-refractivity contribution in [1.29, 1.82) is 0 Å². The highest BCUT2D eigenvalue weighted by Crippen LogP contribution is 2.29. The van der Waals surface area contributed by atoms with Crippen LogP contribution in [0.15, 0.2) is 33.7 Å². The zero-order valence-corrected chi connectivity index (χ0v) is 13.6. The molecule has 1 heterocycles. The molecular weight excluding hydrogens is 360 g/mol. The summed E-state index contributed by atoms with van der Waals surface area (Å²) in [5.41, 5.74) is 7.16. The molecule has 0 saturated heterocycles. The number of methoxy groups -OCH3 is 1. The van der Waals surface area contributed by atoms with E-state index in [0.717, 1.165) is 0 Å². The summed E-state index contributed by atoms with van der Waals surface area (Å²) in [6.07, 6.45) is 1.54. The lowest BCUT2D eigenvalue weighted by Gasteiger charge is -2.12. The number of nitrogens with zero attached hydrogens (tertiary/aromatic N) is 2. The summed E-state index contributed by atoms with van der Waals surface area (Å²) in [5.74, 6) is 0. The van der Waals surface area contributed by atoms with Crippen LogP contribution < -0.4 is 16.6 Å². The Labute approximate surface area is 135 Å².